The number of furan rings is 1. The molecule has 1 aromatic heterocycles. The summed E-state index contributed by atoms with van der Waals surface area (Å²) in [6.07, 6.45) is 8.30. The molecule has 1 atom stereocenters. The van der Waals surface area contributed by atoms with Crippen molar-refractivity contribution < 1.29 is 18.7 Å². The van der Waals surface area contributed by atoms with E-state index < -0.39 is 24.5 Å². The van der Waals surface area contributed by atoms with Crippen molar-refractivity contribution in [1.82, 2.24) is 5.01 Å². The molecule has 2 heterocycles. The predicted molar refractivity (Wildman–Crippen MR) is 106 cm³/mol. The Morgan fingerprint density at radius 3 is 2.75 bits per heavy atom. The molecule has 0 unspecified atom stereocenters. The quantitative estimate of drug-likeness (QED) is 0.413. The summed E-state index contributed by atoms with van der Waals surface area (Å²) >= 11 is 5.95. The van der Waals surface area contributed by atoms with Crippen LogP contribution in [-0.2, 0) is 14.3 Å². The first-order valence-electron chi connectivity index (χ1n) is 8.73. The number of carbonyl (C=O) groups excluding carboxylic acids is 2. The van der Waals surface area contributed by atoms with Crippen LogP contribution in [0.25, 0.3) is 0 Å². The van der Waals surface area contributed by atoms with Crippen LogP contribution in [0.4, 0.5) is 0 Å². The van der Waals surface area contributed by atoms with Gasteiger partial charge in [0.2, 0.25) is 0 Å². The van der Waals surface area contributed by atoms with Gasteiger partial charge in [-0.3, -0.25) is 4.79 Å². The summed E-state index contributed by atoms with van der Waals surface area (Å²) in [5.74, 6) is -0.416. The number of carbonyl (C=O) groups is 2. The highest BCUT2D eigenvalue weighted by Gasteiger charge is 2.35. The van der Waals surface area contributed by atoms with Crippen molar-refractivity contribution >= 4 is 29.2 Å². The first-order valence-corrected chi connectivity index (χ1v) is 9.11. The molecule has 3 rings (SSSR count). The average molecular weight is 399 g/mol. The van der Waals surface area contributed by atoms with Crippen LogP contribution in [0.2, 0.25) is 5.02 Å². The van der Waals surface area contributed by atoms with E-state index in [1.165, 1.54) is 11.1 Å². The zero-order valence-corrected chi connectivity index (χ0v) is 16.0. The van der Waals surface area contributed by atoms with Crippen molar-refractivity contribution in [2.45, 2.75) is 19.4 Å². The molecule has 0 fully saturated rings. The van der Waals surface area contributed by atoms with E-state index in [0.29, 0.717) is 17.2 Å². The number of hydrogen-bond acceptors (Lipinski definition) is 5. The van der Waals surface area contributed by atoms with Gasteiger partial charge in [-0.25, -0.2) is 9.80 Å². The molecule has 7 heteroatoms. The summed E-state index contributed by atoms with van der Waals surface area (Å²) in [5, 5.41) is 6.39. The van der Waals surface area contributed by atoms with Gasteiger partial charge in [0.15, 0.2) is 6.61 Å². The van der Waals surface area contributed by atoms with Gasteiger partial charge < -0.3 is 9.15 Å². The van der Waals surface area contributed by atoms with Gasteiger partial charge in [0.1, 0.15) is 11.8 Å². The lowest BCUT2D eigenvalue weighted by atomic mass is 10.0. The molecule has 0 N–H and O–H groups in total. The maximum absolute atomic E-state index is 12.7. The third-order valence-corrected chi connectivity index (χ3v) is 4.34. The SMILES string of the molecule is C/C=C/C=C/C(=O)OCC(=O)N1N=C(c2ccc(Cl)cc2)C[C@@H]1c1ccco1. The Morgan fingerprint density at radius 1 is 1.29 bits per heavy atom. The Balaban J connectivity index is 1.75. The first kappa shape index (κ1) is 19.6. The molecule has 2 aromatic rings. The molecular weight excluding hydrogens is 380 g/mol. The fourth-order valence-electron chi connectivity index (χ4n) is 2.75. The molecule has 1 aliphatic heterocycles. The Morgan fingerprint density at radius 2 is 2.07 bits per heavy atom. The molecule has 144 valence electrons. The Kier molecular flexibility index (Phi) is 6.45. The minimum absolute atomic E-state index is 0.398. The average Bonchev–Trinajstić information content (AvgIpc) is 3.36. The van der Waals surface area contributed by atoms with Crippen LogP contribution in [0.5, 0.6) is 0 Å². The van der Waals surface area contributed by atoms with Gasteiger partial charge in [0, 0.05) is 17.5 Å². The molecule has 0 saturated heterocycles. The second-order valence-corrected chi connectivity index (χ2v) is 6.46. The summed E-state index contributed by atoms with van der Waals surface area (Å²) in [6.45, 7) is 1.42. The maximum Gasteiger partial charge on any atom is 0.331 e. The molecule has 6 nitrogen and oxygen atoms in total. The topological polar surface area (TPSA) is 72.1 Å². The number of allylic oxidation sites excluding steroid dienone is 3. The molecule has 1 amide bonds. The Hall–Kier alpha value is -3.12. The van der Waals surface area contributed by atoms with Crippen LogP contribution in [0.3, 0.4) is 0 Å². The highest BCUT2D eigenvalue weighted by molar-refractivity contribution is 6.30. The zero-order valence-electron chi connectivity index (χ0n) is 15.2. The van der Waals surface area contributed by atoms with Gasteiger partial charge in [-0.2, -0.15) is 5.10 Å². The van der Waals surface area contributed by atoms with Gasteiger partial charge in [0.05, 0.1) is 12.0 Å². The highest BCUT2D eigenvalue weighted by Crippen LogP contribution is 2.33. The summed E-state index contributed by atoms with van der Waals surface area (Å²) in [4.78, 5) is 24.3. The minimum Gasteiger partial charge on any atom is -0.467 e. The largest absolute Gasteiger partial charge is 0.467 e. The molecule has 0 bridgehead atoms. The number of rotatable bonds is 6. The monoisotopic (exact) mass is 398 g/mol. The second kappa shape index (κ2) is 9.19. The number of hydrogen-bond donors (Lipinski definition) is 0. The fourth-order valence-corrected chi connectivity index (χ4v) is 2.88. The van der Waals surface area contributed by atoms with Crippen LogP contribution in [-0.4, -0.2) is 29.2 Å². The van der Waals surface area contributed by atoms with E-state index >= 15 is 0 Å². The number of esters is 1. The lowest BCUT2D eigenvalue weighted by Crippen LogP contribution is -2.31. The number of nitrogens with zero attached hydrogens (tertiary/aromatic N) is 2. The van der Waals surface area contributed by atoms with E-state index in [1.54, 1.807) is 48.8 Å². The summed E-state index contributed by atoms with van der Waals surface area (Å²) < 4.78 is 10.5. The van der Waals surface area contributed by atoms with Crippen molar-refractivity contribution in [3.63, 3.8) is 0 Å². The van der Waals surface area contributed by atoms with Crippen LogP contribution in [0.15, 0.2) is 76.5 Å². The normalized spacial score (nSPS) is 16.7. The van der Waals surface area contributed by atoms with Crippen molar-refractivity contribution in [2.24, 2.45) is 5.10 Å². The van der Waals surface area contributed by atoms with Gasteiger partial charge in [-0.05, 0) is 36.8 Å². The number of ether oxygens (including phenoxy) is 1. The van der Waals surface area contributed by atoms with E-state index in [4.69, 9.17) is 20.8 Å². The van der Waals surface area contributed by atoms with Crippen molar-refractivity contribution in [2.75, 3.05) is 6.61 Å². The smallest absolute Gasteiger partial charge is 0.331 e. The van der Waals surface area contributed by atoms with Crippen molar-refractivity contribution in [1.29, 1.82) is 0 Å². The van der Waals surface area contributed by atoms with Gasteiger partial charge in [0.25, 0.3) is 5.91 Å². The first-order chi connectivity index (χ1) is 13.6. The number of benzene rings is 1. The van der Waals surface area contributed by atoms with E-state index in [0.717, 1.165) is 11.3 Å². The Labute approximate surface area is 167 Å². The summed E-state index contributed by atoms with van der Waals surface area (Å²) in [6, 6.07) is 10.4. The van der Waals surface area contributed by atoms with Gasteiger partial charge in [-0.15, -0.1) is 0 Å². The molecule has 0 spiro atoms. The highest BCUT2D eigenvalue weighted by atomic mass is 35.5. The standard InChI is InChI=1S/C21H19ClN2O4/c1-2-3-4-7-21(26)28-14-20(25)24-18(19-6-5-12-27-19)13-17(23-24)15-8-10-16(22)11-9-15/h2-12,18H,13-14H2,1H3/b3-2+,7-4+/t18-/m1/s1. The third-order valence-electron chi connectivity index (χ3n) is 4.09. The van der Waals surface area contributed by atoms with Gasteiger partial charge >= 0.3 is 5.97 Å². The number of hydrazone groups is 1. The lowest BCUT2D eigenvalue weighted by Gasteiger charge is -2.19. The fraction of sp³-hybridized carbons (Fsp3) is 0.190. The van der Waals surface area contributed by atoms with Crippen LogP contribution >= 0.6 is 11.6 Å². The molecule has 1 aliphatic rings. The zero-order chi connectivity index (χ0) is 19.9. The third kappa shape index (κ3) is 4.78. The van der Waals surface area contributed by atoms with E-state index in [1.807, 2.05) is 19.1 Å². The molecule has 0 saturated carbocycles. The van der Waals surface area contributed by atoms with Gasteiger partial charge in [-0.1, -0.05) is 42.0 Å². The lowest BCUT2D eigenvalue weighted by molar-refractivity contribution is -0.149. The minimum atomic E-state index is -0.595. The summed E-state index contributed by atoms with van der Waals surface area (Å²) in [5.41, 5.74) is 1.59. The van der Waals surface area contributed by atoms with Crippen molar-refractivity contribution in [3.8, 4) is 0 Å². The molecule has 1 aromatic carbocycles. The van der Waals surface area contributed by atoms with Crippen molar-refractivity contribution in [3.05, 3.63) is 83.3 Å². The Bertz CT molecular complexity index is 914. The molecular formula is C21H19ClN2O4. The second-order valence-electron chi connectivity index (χ2n) is 6.02. The number of halogens is 1. The van der Waals surface area contributed by atoms with E-state index in [-0.39, 0.29) is 0 Å². The molecule has 0 aliphatic carbocycles. The maximum atomic E-state index is 12.7. The molecule has 28 heavy (non-hydrogen) atoms. The van der Waals surface area contributed by atoms with E-state index in [9.17, 15) is 9.59 Å². The van der Waals surface area contributed by atoms with Crippen LogP contribution < -0.4 is 0 Å². The predicted octanol–water partition coefficient (Wildman–Crippen LogP) is 4.29. The molecule has 0 radical (unpaired) electrons. The van der Waals surface area contributed by atoms with Crippen LogP contribution in [0, 0.1) is 0 Å². The van der Waals surface area contributed by atoms with E-state index in [2.05, 4.69) is 5.10 Å². The summed E-state index contributed by atoms with van der Waals surface area (Å²) in [7, 11) is 0. The van der Waals surface area contributed by atoms with Crippen LogP contribution in [0.1, 0.15) is 30.7 Å². The number of amides is 1.